The highest BCUT2D eigenvalue weighted by Gasteiger charge is 2.26. The third-order valence-electron chi connectivity index (χ3n) is 3.80. The first-order chi connectivity index (χ1) is 9.97. The molecular weight excluding hydrogens is 272 g/mol. The molecule has 1 aliphatic heterocycles. The second-order valence-corrected chi connectivity index (χ2v) is 5.31. The van der Waals surface area contributed by atoms with E-state index in [1.807, 2.05) is 18.7 Å². The quantitative estimate of drug-likeness (QED) is 0.641. The maximum Gasteiger partial charge on any atom is 0.236 e. The van der Waals surface area contributed by atoms with Gasteiger partial charge < -0.3 is 16.0 Å². The van der Waals surface area contributed by atoms with Crippen molar-refractivity contribution in [2.75, 3.05) is 39.3 Å². The Labute approximate surface area is 125 Å². The third-order valence-corrected chi connectivity index (χ3v) is 3.80. The number of hydrogen-bond donors (Lipinski definition) is 2. The van der Waals surface area contributed by atoms with Gasteiger partial charge in [-0.1, -0.05) is 6.92 Å². The molecule has 1 aliphatic rings. The SMILES string of the molecule is CCNC(=O)CN(CC)CC(=O)N1CCC(C(N)=O)CC1. The van der Waals surface area contributed by atoms with Crippen molar-refractivity contribution in [3.05, 3.63) is 0 Å². The molecule has 0 unspecified atom stereocenters. The Bertz CT molecular complexity index is 378. The molecule has 0 saturated carbocycles. The zero-order valence-corrected chi connectivity index (χ0v) is 12.9. The fourth-order valence-electron chi connectivity index (χ4n) is 2.44. The van der Waals surface area contributed by atoms with Crippen molar-refractivity contribution in [2.45, 2.75) is 26.7 Å². The summed E-state index contributed by atoms with van der Waals surface area (Å²) in [7, 11) is 0. The largest absolute Gasteiger partial charge is 0.369 e. The first-order valence-electron chi connectivity index (χ1n) is 7.54. The summed E-state index contributed by atoms with van der Waals surface area (Å²) >= 11 is 0. The van der Waals surface area contributed by atoms with Crippen LogP contribution >= 0.6 is 0 Å². The molecule has 0 atom stereocenters. The maximum atomic E-state index is 12.2. The van der Waals surface area contributed by atoms with E-state index in [1.54, 1.807) is 4.90 Å². The van der Waals surface area contributed by atoms with Crippen LogP contribution in [-0.4, -0.2) is 66.8 Å². The fraction of sp³-hybridized carbons (Fsp3) is 0.786. The molecular formula is C14H26N4O3. The van der Waals surface area contributed by atoms with Gasteiger partial charge in [-0.15, -0.1) is 0 Å². The van der Waals surface area contributed by atoms with Gasteiger partial charge in [0.15, 0.2) is 0 Å². The molecule has 21 heavy (non-hydrogen) atoms. The van der Waals surface area contributed by atoms with Crippen LogP contribution in [0.3, 0.4) is 0 Å². The lowest BCUT2D eigenvalue weighted by molar-refractivity contribution is -0.136. The second kappa shape index (κ2) is 8.61. The Morgan fingerprint density at radius 1 is 1.19 bits per heavy atom. The molecule has 0 bridgehead atoms. The summed E-state index contributed by atoms with van der Waals surface area (Å²) in [5.74, 6) is -0.469. The fourth-order valence-corrected chi connectivity index (χ4v) is 2.44. The van der Waals surface area contributed by atoms with E-state index in [0.29, 0.717) is 39.0 Å². The first kappa shape index (κ1) is 17.4. The second-order valence-electron chi connectivity index (χ2n) is 5.31. The molecule has 0 radical (unpaired) electrons. The Kier molecular flexibility index (Phi) is 7.14. The molecule has 3 N–H and O–H groups in total. The molecule has 0 aromatic heterocycles. The highest BCUT2D eigenvalue weighted by molar-refractivity contribution is 5.82. The van der Waals surface area contributed by atoms with E-state index < -0.39 is 0 Å². The van der Waals surface area contributed by atoms with Crippen LogP contribution in [0.4, 0.5) is 0 Å². The van der Waals surface area contributed by atoms with Crippen LogP contribution < -0.4 is 11.1 Å². The molecule has 1 heterocycles. The molecule has 1 saturated heterocycles. The molecule has 1 fully saturated rings. The topological polar surface area (TPSA) is 95.7 Å². The average molecular weight is 298 g/mol. The Morgan fingerprint density at radius 3 is 2.29 bits per heavy atom. The number of carbonyl (C=O) groups excluding carboxylic acids is 3. The van der Waals surface area contributed by atoms with E-state index in [9.17, 15) is 14.4 Å². The maximum absolute atomic E-state index is 12.2. The predicted molar refractivity (Wildman–Crippen MR) is 79.3 cm³/mol. The molecule has 7 heteroatoms. The van der Waals surface area contributed by atoms with E-state index in [-0.39, 0.29) is 36.7 Å². The summed E-state index contributed by atoms with van der Waals surface area (Å²) < 4.78 is 0. The molecule has 3 amide bonds. The lowest BCUT2D eigenvalue weighted by Gasteiger charge is -2.32. The van der Waals surface area contributed by atoms with Gasteiger partial charge in [0.25, 0.3) is 0 Å². The summed E-state index contributed by atoms with van der Waals surface area (Å²) in [5.41, 5.74) is 5.28. The molecule has 0 spiro atoms. The monoisotopic (exact) mass is 298 g/mol. The van der Waals surface area contributed by atoms with Crippen LogP contribution in [0.1, 0.15) is 26.7 Å². The summed E-state index contributed by atoms with van der Waals surface area (Å²) in [5, 5.41) is 2.72. The number of carbonyl (C=O) groups is 3. The van der Waals surface area contributed by atoms with Gasteiger partial charge in [-0.2, -0.15) is 0 Å². The van der Waals surface area contributed by atoms with Crippen LogP contribution in [-0.2, 0) is 14.4 Å². The number of amides is 3. The van der Waals surface area contributed by atoms with Crippen LogP contribution in [0.5, 0.6) is 0 Å². The number of hydrogen-bond acceptors (Lipinski definition) is 4. The van der Waals surface area contributed by atoms with E-state index >= 15 is 0 Å². The number of likely N-dealkylation sites (tertiary alicyclic amines) is 1. The van der Waals surface area contributed by atoms with Crippen molar-refractivity contribution in [3.63, 3.8) is 0 Å². The number of nitrogens with two attached hydrogens (primary N) is 1. The van der Waals surface area contributed by atoms with E-state index in [2.05, 4.69) is 5.32 Å². The average Bonchev–Trinajstić information content (AvgIpc) is 2.46. The van der Waals surface area contributed by atoms with Crippen molar-refractivity contribution in [1.82, 2.24) is 15.1 Å². The highest BCUT2D eigenvalue weighted by Crippen LogP contribution is 2.16. The lowest BCUT2D eigenvalue weighted by atomic mass is 9.96. The van der Waals surface area contributed by atoms with Crippen molar-refractivity contribution in [2.24, 2.45) is 11.7 Å². The van der Waals surface area contributed by atoms with Crippen LogP contribution in [0.15, 0.2) is 0 Å². The number of rotatable bonds is 7. The number of likely N-dealkylation sites (N-methyl/N-ethyl adjacent to an activating group) is 2. The summed E-state index contributed by atoms with van der Waals surface area (Å²) in [6.45, 7) is 6.60. The van der Waals surface area contributed by atoms with Crippen molar-refractivity contribution in [1.29, 1.82) is 0 Å². The standard InChI is InChI=1S/C14H26N4O3/c1-3-16-12(19)9-17(4-2)10-13(20)18-7-5-11(6-8-18)14(15)21/h11H,3-10H2,1-2H3,(H2,15,21)(H,16,19). The molecule has 0 aromatic rings. The van der Waals surface area contributed by atoms with Gasteiger partial charge in [0, 0.05) is 25.6 Å². The Hall–Kier alpha value is -1.63. The minimum Gasteiger partial charge on any atom is -0.369 e. The molecule has 120 valence electrons. The van der Waals surface area contributed by atoms with Crippen LogP contribution in [0, 0.1) is 5.92 Å². The summed E-state index contributed by atoms with van der Waals surface area (Å²) in [6.07, 6.45) is 1.26. The summed E-state index contributed by atoms with van der Waals surface area (Å²) in [6, 6.07) is 0. The third kappa shape index (κ3) is 5.71. The normalized spacial score (nSPS) is 16.0. The number of piperidine rings is 1. The lowest BCUT2D eigenvalue weighted by Crippen LogP contribution is -2.47. The Balaban J connectivity index is 2.41. The first-order valence-corrected chi connectivity index (χ1v) is 7.54. The highest BCUT2D eigenvalue weighted by atomic mass is 16.2. The predicted octanol–water partition coefficient (Wildman–Crippen LogP) is -0.832. The smallest absolute Gasteiger partial charge is 0.236 e. The zero-order valence-electron chi connectivity index (χ0n) is 12.9. The van der Waals surface area contributed by atoms with Gasteiger partial charge in [-0.25, -0.2) is 0 Å². The van der Waals surface area contributed by atoms with Gasteiger partial charge >= 0.3 is 0 Å². The van der Waals surface area contributed by atoms with Crippen molar-refractivity contribution in [3.8, 4) is 0 Å². The number of primary amides is 1. The van der Waals surface area contributed by atoms with Gasteiger partial charge in [-0.3, -0.25) is 19.3 Å². The molecule has 0 aromatic carbocycles. The van der Waals surface area contributed by atoms with Crippen molar-refractivity contribution < 1.29 is 14.4 Å². The van der Waals surface area contributed by atoms with Gasteiger partial charge in [0.1, 0.15) is 0 Å². The van der Waals surface area contributed by atoms with Gasteiger partial charge in [0.2, 0.25) is 17.7 Å². The van der Waals surface area contributed by atoms with Crippen molar-refractivity contribution >= 4 is 17.7 Å². The molecule has 1 rings (SSSR count). The molecule has 0 aliphatic carbocycles. The van der Waals surface area contributed by atoms with Crippen LogP contribution in [0.25, 0.3) is 0 Å². The van der Waals surface area contributed by atoms with E-state index in [4.69, 9.17) is 5.73 Å². The molecule has 7 nitrogen and oxygen atoms in total. The number of nitrogens with zero attached hydrogens (tertiary/aromatic N) is 2. The Morgan fingerprint density at radius 2 is 1.81 bits per heavy atom. The minimum absolute atomic E-state index is 0.00377. The van der Waals surface area contributed by atoms with Crippen LogP contribution in [0.2, 0.25) is 0 Å². The zero-order chi connectivity index (χ0) is 15.8. The summed E-state index contributed by atoms with van der Waals surface area (Å²) in [4.78, 5) is 38.4. The van der Waals surface area contributed by atoms with Gasteiger partial charge in [0.05, 0.1) is 13.1 Å². The number of nitrogens with one attached hydrogen (secondary N) is 1. The van der Waals surface area contributed by atoms with E-state index in [1.165, 1.54) is 0 Å². The minimum atomic E-state index is -0.284. The van der Waals surface area contributed by atoms with E-state index in [0.717, 1.165) is 0 Å². The van der Waals surface area contributed by atoms with Gasteiger partial charge in [-0.05, 0) is 26.3 Å².